The van der Waals surface area contributed by atoms with Crippen molar-refractivity contribution in [2.45, 2.75) is 31.3 Å². The summed E-state index contributed by atoms with van der Waals surface area (Å²) in [7, 11) is -3.26. The Morgan fingerprint density at radius 3 is 2.22 bits per heavy atom. The Bertz CT molecular complexity index is 1250. The first-order chi connectivity index (χ1) is 15.3. The van der Waals surface area contributed by atoms with Gasteiger partial charge in [0.2, 0.25) is 0 Å². The van der Waals surface area contributed by atoms with Gasteiger partial charge in [-0.2, -0.15) is 0 Å². The molecule has 1 aliphatic carbocycles. The van der Waals surface area contributed by atoms with Crippen LogP contribution >= 0.6 is 0 Å². The summed E-state index contributed by atoms with van der Waals surface area (Å²) in [6.07, 6.45) is 1.22. The number of anilines is 1. The van der Waals surface area contributed by atoms with Crippen LogP contribution in [0.15, 0.2) is 67.1 Å². The lowest BCUT2D eigenvalue weighted by molar-refractivity contribution is 0.145. The van der Waals surface area contributed by atoms with Crippen molar-refractivity contribution in [2.24, 2.45) is 5.92 Å². The maximum absolute atomic E-state index is 12.3. The van der Waals surface area contributed by atoms with Crippen LogP contribution in [-0.4, -0.2) is 20.3 Å². The monoisotopic (exact) mass is 459 g/mol. The average Bonchev–Trinajstić information content (AvgIpc) is 3.49. The molecule has 1 aliphatic rings. The van der Waals surface area contributed by atoms with Gasteiger partial charge in [0, 0.05) is 5.69 Å². The summed E-state index contributed by atoms with van der Waals surface area (Å²) in [5.74, 6) is 1.02. The van der Waals surface area contributed by atoms with Crippen LogP contribution in [0.2, 0.25) is 0 Å². The van der Waals surface area contributed by atoms with Crippen LogP contribution < -0.4 is 15.9 Å². The Morgan fingerprint density at radius 2 is 1.66 bits per heavy atom. The van der Waals surface area contributed by atoms with E-state index >= 15 is 0 Å². The molecule has 3 aromatic rings. The van der Waals surface area contributed by atoms with Gasteiger partial charge in [0.25, 0.3) is 0 Å². The fourth-order valence-electron chi connectivity index (χ4n) is 2.94. The molecule has 0 radical (unpaired) electrons. The van der Waals surface area contributed by atoms with Crippen molar-refractivity contribution in [2.75, 3.05) is 11.1 Å². The fraction of sp³-hybridized carbons (Fsp3) is 0.273. The smallest absolute Gasteiger partial charge is 0.457 e. The van der Waals surface area contributed by atoms with Crippen molar-refractivity contribution >= 4 is 21.6 Å². The van der Waals surface area contributed by atoms with E-state index in [1.807, 2.05) is 0 Å². The molecule has 1 aromatic heterocycles. The fourth-order valence-corrected chi connectivity index (χ4v) is 4.64. The van der Waals surface area contributed by atoms with Crippen LogP contribution in [0.1, 0.15) is 24.4 Å². The zero-order valence-corrected chi connectivity index (χ0v) is 18.0. The van der Waals surface area contributed by atoms with Gasteiger partial charge in [-0.3, -0.25) is 5.32 Å². The number of hydrogen-bond acceptors (Lipinski definition) is 8. The van der Waals surface area contributed by atoms with Gasteiger partial charge >= 0.3 is 11.9 Å². The Labute approximate surface area is 183 Å². The van der Waals surface area contributed by atoms with E-state index in [1.165, 1.54) is 6.92 Å². The highest BCUT2D eigenvalue weighted by Crippen LogP contribution is 2.33. The summed E-state index contributed by atoms with van der Waals surface area (Å²) in [5, 5.41) is 2.54. The van der Waals surface area contributed by atoms with E-state index in [1.54, 1.807) is 48.5 Å². The second kappa shape index (κ2) is 8.91. The molecule has 0 unspecified atom stereocenters. The molecular weight excluding hydrogens is 438 g/mol. The van der Waals surface area contributed by atoms with Crippen molar-refractivity contribution in [3.63, 3.8) is 0 Å². The Balaban J connectivity index is 1.30. The molecule has 4 rings (SSSR count). The predicted octanol–water partition coefficient (Wildman–Crippen LogP) is 4.27. The van der Waals surface area contributed by atoms with Crippen LogP contribution in [-0.2, 0) is 21.2 Å². The Hall–Kier alpha value is -3.53. The largest absolute Gasteiger partial charge is 0.519 e. The van der Waals surface area contributed by atoms with E-state index < -0.39 is 21.8 Å². The first-order valence-corrected chi connectivity index (χ1v) is 11.6. The summed E-state index contributed by atoms with van der Waals surface area (Å²) >= 11 is 0. The quantitative estimate of drug-likeness (QED) is 0.529. The number of aryl methyl sites for hydroxylation is 1. The molecule has 9 nitrogen and oxygen atoms in total. The van der Waals surface area contributed by atoms with Gasteiger partial charge in [-0.1, -0.05) is 0 Å². The minimum atomic E-state index is -3.26. The predicted molar refractivity (Wildman–Crippen MR) is 114 cm³/mol. The molecule has 0 atom stereocenters. The van der Waals surface area contributed by atoms with Gasteiger partial charge in [0.1, 0.15) is 11.5 Å². The molecule has 1 amide bonds. The van der Waals surface area contributed by atoms with Crippen molar-refractivity contribution in [3.05, 3.63) is 70.7 Å². The molecule has 1 heterocycles. The molecule has 2 aromatic carbocycles. The third-order valence-corrected chi connectivity index (χ3v) is 6.74. The van der Waals surface area contributed by atoms with Gasteiger partial charge in [-0.15, -0.1) is 0 Å². The number of hydrogen-bond donors (Lipinski definition) is 1. The van der Waals surface area contributed by atoms with E-state index in [4.69, 9.17) is 18.3 Å². The highest BCUT2D eigenvalue weighted by Gasteiger charge is 2.29. The van der Waals surface area contributed by atoms with Crippen LogP contribution in [0.25, 0.3) is 0 Å². The number of nitrogens with one attached hydrogen (secondary N) is 1. The molecule has 1 N–H and O–H groups in total. The summed E-state index contributed by atoms with van der Waals surface area (Å²) in [6, 6.07) is 12.8. The maximum Gasteiger partial charge on any atom is 0.519 e. The van der Waals surface area contributed by atoms with Crippen LogP contribution in [0.4, 0.5) is 10.5 Å². The lowest BCUT2D eigenvalue weighted by Crippen LogP contribution is -2.13. The second-order valence-corrected chi connectivity index (χ2v) is 9.49. The van der Waals surface area contributed by atoms with E-state index in [-0.39, 0.29) is 29.8 Å². The number of benzene rings is 2. The molecule has 0 aliphatic heterocycles. The number of sulfone groups is 1. The van der Waals surface area contributed by atoms with Crippen molar-refractivity contribution in [1.29, 1.82) is 0 Å². The minimum Gasteiger partial charge on any atom is -0.457 e. The topological polar surface area (TPSA) is 125 Å². The Kier molecular flexibility index (Phi) is 6.04. The molecule has 32 heavy (non-hydrogen) atoms. The van der Waals surface area contributed by atoms with Crippen molar-refractivity contribution in [3.8, 4) is 11.5 Å². The van der Waals surface area contributed by atoms with Gasteiger partial charge in [0.05, 0.1) is 10.6 Å². The highest BCUT2D eigenvalue weighted by atomic mass is 32.2. The lowest BCUT2D eigenvalue weighted by Gasteiger charge is -2.09. The SMILES string of the molecule is Cc1oc(=O)oc1COC(=O)Nc1ccc(Oc2ccc(S(=O)(=O)CC3CC3)cc2)cc1. The number of rotatable bonds is 8. The summed E-state index contributed by atoms with van der Waals surface area (Å²) in [6.45, 7) is 1.29. The van der Waals surface area contributed by atoms with Crippen LogP contribution in [0.5, 0.6) is 11.5 Å². The highest BCUT2D eigenvalue weighted by molar-refractivity contribution is 7.91. The van der Waals surface area contributed by atoms with Gasteiger partial charge < -0.3 is 18.3 Å². The van der Waals surface area contributed by atoms with E-state index in [2.05, 4.69) is 5.32 Å². The van der Waals surface area contributed by atoms with Crippen molar-refractivity contribution in [1.82, 2.24) is 0 Å². The molecular formula is C22H21NO8S. The van der Waals surface area contributed by atoms with Crippen molar-refractivity contribution < 1.29 is 31.5 Å². The third kappa shape index (κ3) is 5.58. The number of amides is 1. The first kappa shape index (κ1) is 21.7. The molecule has 0 bridgehead atoms. The summed E-state index contributed by atoms with van der Waals surface area (Å²) in [4.78, 5) is 23.2. The van der Waals surface area contributed by atoms with Gasteiger partial charge in [-0.05, 0) is 74.2 Å². The van der Waals surface area contributed by atoms with E-state index in [0.717, 1.165) is 12.8 Å². The first-order valence-electron chi connectivity index (χ1n) is 9.92. The standard InChI is InChI=1S/C22H21NO8S/c1-14-20(31-22(25)29-14)12-28-21(24)23-16-4-6-17(7-5-16)30-18-8-10-19(11-9-18)32(26,27)13-15-2-3-15/h4-11,15H,2-3,12-13H2,1H3,(H,23,24). The average molecular weight is 459 g/mol. The maximum atomic E-state index is 12.3. The summed E-state index contributed by atoms with van der Waals surface area (Å²) in [5.41, 5.74) is 0.467. The molecule has 10 heteroatoms. The zero-order valence-electron chi connectivity index (χ0n) is 17.2. The van der Waals surface area contributed by atoms with Gasteiger partial charge in [-0.25, -0.2) is 18.0 Å². The summed E-state index contributed by atoms with van der Waals surface area (Å²) < 4.78 is 44.8. The zero-order chi connectivity index (χ0) is 22.7. The molecule has 0 saturated heterocycles. The lowest BCUT2D eigenvalue weighted by atomic mass is 10.3. The minimum absolute atomic E-state index is 0.139. The number of ether oxygens (including phenoxy) is 2. The number of carbonyl (C=O) groups is 1. The number of carbonyl (C=O) groups excluding carboxylic acids is 1. The third-order valence-electron chi connectivity index (χ3n) is 4.84. The van der Waals surface area contributed by atoms with E-state index in [0.29, 0.717) is 22.1 Å². The normalized spacial score (nSPS) is 13.5. The molecule has 168 valence electrons. The van der Waals surface area contributed by atoms with Gasteiger partial charge in [0.15, 0.2) is 28.0 Å². The molecule has 1 fully saturated rings. The van der Waals surface area contributed by atoms with Crippen LogP contribution in [0, 0.1) is 12.8 Å². The van der Waals surface area contributed by atoms with E-state index in [9.17, 15) is 18.0 Å². The molecule has 0 spiro atoms. The molecule has 1 saturated carbocycles. The van der Waals surface area contributed by atoms with Crippen LogP contribution in [0.3, 0.4) is 0 Å². The Morgan fingerprint density at radius 1 is 1.03 bits per heavy atom. The second-order valence-electron chi connectivity index (χ2n) is 7.46.